The van der Waals surface area contributed by atoms with E-state index in [9.17, 15) is 9.59 Å². The topological polar surface area (TPSA) is 98.0 Å². The number of fused-ring (bicyclic) bond motifs is 1. The maximum atomic E-state index is 12.6. The lowest BCUT2D eigenvalue weighted by molar-refractivity contribution is -0.133. The number of carbonyl (C=O) groups is 2. The number of hydrogen-bond acceptors (Lipinski definition) is 8. The number of benzene rings is 1. The van der Waals surface area contributed by atoms with Crippen LogP contribution in [0.15, 0.2) is 28.9 Å². The van der Waals surface area contributed by atoms with Crippen LogP contribution in [0.3, 0.4) is 0 Å². The summed E-state index contributed by atoms with van der Waals surface area (Å²) in [5, 5.41) is 1.31. The lowest BCUT2D eigenvalue weighted by Gasteiger charge is -2.35. The first-order valence-electron chi connectivity index (χ1n) is 10.4. The molecule has 9 nitrogen and oxygen atoms in total. The Morgan fingerprint density at radius 2 is 1.88 bits per heavy atom. The van der Waals surface area contributed by atoms with Crippen LogP contribution >= 0.6 is 23.2 Å². The van der Waals surface area contributed by atoms with Gasteiger partial charge in [-0.1, -0.05) is 23.2 Å². The van der Waals surface area contributed by atoms with Crippen molar-refractivity contribution in [2.45, 2.75) is 13.8 Å². The molecule has 33 heavy (non-hydrogen) atoms. The number of amides is 1. The van der Waals surface area contributed by atoms with Crippen LogP contribution in [0, 0.1) is 6.92 Å². The zero-order valence-electron chi connectivity index (χ0n) is 18.1. The molecule has 1 saturated heterocycles. The summed E-state index contributed by atoms with van der Waals surface area (Å²) >= 11 is 11.9. The second kappa shape index (κ2) is 9.84. The largest absolute Gasteiger partial charge is 0.484 e. The summed E-state index contributed by atoms with van der Waals surface area (Å²) in [5.41, 5.74) is 0.657. The molecular formula is C22H22Cl2N4O5. The second-order valence-electron chi connectivity index (χ2n) is 7.36. The summed E-state index contributed by atoms with van der Waals surface area (Å²) in [5.74, 6) is 0.872. The Morgan fingerprint density at radius 3 is 2.58 bits per heavy atom. The molecule has 0 saturated carbocycles. The van der Waals surface area contributed by atoms with Crippen LogP contribution in [0.1, 0.15) is 23.0 Å². The van der Waals surface area contributed by atoms with E-state index in [2.05, 4.69) is 9.97 Å². The Morgan fingerprint density at radius 1 is 1.12 bits per heavy atom. The highest BCUT2D eigenvalue weighted by Gasteiger charge is 2.28. The molecule has 174 valence electrons. The van der Waals surface area contributed by atoms with E-state index in [0.29, 0.717) is 70.2 Å². The summed E-state index contributed by atoms with van der Waals surface area (Å²) in [7, 11) is 0. The van der Waals surface area contributed by atoms with E-state index in [1.165, 1.54) is 6.33 Å². The van der Waals surface area contributed by atoms with Crippen LogP contribution in [0.2, 0.25) is 10.0 Å². The van der Waals surface area contributed by atoms with Gasteiger partial charge in [0.05, 0.1) is 22.0 Å². The minimum atomic E-state index is -0.474. The van der Waals surface area contributed by atoms with Crippen molar-refractivity contribution in [3.05, 3.63) is 45.9 Å². The summed E-state index contributed by atoms with van der Waals surface area (Å²) in [4.78, 5) is 37.4. The van der Waals surface area contributed by atoms with Crippen molar-refractivity contribution in [3.8, 4) is 5.75 Å². The summed E-state index contributed by atoms with van der Waals surface area (Å²) in [6.45, 7) is 5.58. The van der Waals surface area contributed by atoms with Gasteiger partial charge in [0, 0.05) is 32.2 Å². The normalized spacial score (nSPS) is 13.9. The van der Waals surface area contributed by atoms with Gasteiger partial charge in [-0.15, -0.1) is 0 Å². The quantitative estimate of drug-likeness (QED) is 0.479. The monoisotopic (exact) mass is 492 g/mol. The third-order valence-corrected chi connectivity index (χ3v) is 6.05. The van der Waals surface area contributed by atoms with Crippen molar-refractivity contribution in [1.82, 2.24) is 14.9 Å². The molecule has 4 rings (SSSR count). The third kappa shape index (κ3) is 4.84. The predicted molar refractivity (Wildman–Crippen MR) is 123 cm³/mol. The summed E-state index contributed by atoms with van der Waals surface area (Å²) < 4.78 is 16.4. The Labute approximate surface area is 200 Å². The number of anilines is 1. The number of esters is 1. The van der Waals surface area contributed by atoms with Gasteiger partial charge in [-0.2, -0.15) is 0 Å². The molecule has 0 unspecified atom stereocenters. The molecule has 0 radical (unpaired) electrons. The van der Waals surface area contributed by atoms with Crippen LogP contribution < -0.4 is 9.64 Å². The first-order chi connectivity index (χ1) is 15.9. The maximum absolute atomic E-state index is 12.6. The van der Waals surface area contributed by atoms with Crippen molar-refractivity contribution in [1.29, 1.82) is 0 Å². The van der Waals surface area contributed by atoms with E-state index < -0.39 is 5.97 Å². The van der Waals surface area contributed by atoms with Crippen LogP contribution in [-0.4, -0.2) is 66.1 Å². The smallest absolute Gasteiger partial charge is 0.342 e. The summed E-state index contributed by atoms with van der Waals surface area (Å²) in [6, 6.07) is 4.85. The van der Waals surface area contributed by atoms with Crippen LogP contribution in [0.25, 0.3) is 11.1 Å². The highest BCUT2D eigenvalue weighted by molar-refractivity contribution is 6.42. The number of carbonyl (C=O) groups excluding carboxylic acids is 2. The van der Waals surface area contributed by atoms with Crippen LogP contribution in [0.5, 0.6) is 5.75 Å². The maximum Gasteiger partial charge on any atom is 0.342 e. The number of nitrogens with zero attached hydrogens (tertiary/aromatic N) is 4. The average molecular weight is 493 g/mol. The van der Waals surface area contributed by atoms with Gasteiger partial charge in [-0.3, -0.25) is 4.79 Å². The van der Waals surface area contributed by atoms with Crippen molar-refractivity contribution < 1.29 is 23.5 Å². The molecule has 0 atom stereocenters. The Hall–Kier alpha value is -3.04. The highest BCUT2D eigenvalue weighted by atomic mass is 35.5. The SMILES string of the molecule is CCOC(=O)c1c(C)oc2ncnc(N3CCN(C(=O)COc4ccc(Cl)c(Cl)c4)CC3)c12. The molecule has 1 aromatic carbocycles. The Balaban J connectivity index is 1.44. The van der Waals surface area contributed by atoms with E-state index in [1.807, 2.05) is 4.90 Å². The average Bonchev–Trinajstić information content (AvgIpc) is 3.16. The third-order valence-electron chi connectivity index (χ3n) is 5.31. The Bertz CT molecular complexity index is 1190. The van der Waals surface area contributed by atoms with Gasteiger partial charge in [-0.05, 0) is 26.0 Å². The first-order valence-corrected chi connectivity index (χ1v) is 11.2. The van der Waals surface area contributed by atoms with E-state index in [-0.39, 0.29) is 19.1 Å². The number of piperazine rings is 1. The minimum absolute atomic E-state index is 0.107. The van der Waals surface area contributed by atoms with Gasteiger partial charge >= 0.3 is 5.97 Å². The zero-order chi connectivity index (χ0) is 23.5. The van der Waals surface area contributed by atoms with Crippen LogP contribution in [0.4, 0.5) is 5.82 Å². The predicted octanol–water partition coefficient (Wildman–Crippen LogP) is 3.74. The molecule has 3 aromatic rings. The molecule has 3 heterocycles. The second-order valence-corrected chi connectivity index (χ2v) is 8.18. The van der Waals surface area contributed by atoms with E-state index in [4.69, 9.17) is 37.1 Å². The van der Waals surface area contributed by atoms with Crippen molar-refractivity contribution >= 4 is 52.0 Å². The molecule has 1 amide bonds. The van der Waals surface area contributed by atoms with Crippen molar-refractivity contribution in [3.63, 3.8) is 0 Å². The standard InChI is InChI=1S/C22H22Cl2N4O5/c1-3-31-22(30)18-13(2)33-21-19(18)20(25-12-26-21)28-8-6-27(7-9-28)17(29)11-32-14-4-5-15(23)16(24)10-14/h4-5,10,12H,3,6-9,11H2,1-2H3. The molecular weight excluding hydrogens is 471 g/mol. The van der Waals surface area contributed by atoms with Gasteiger partial charge < -0.3 is 23.7 Å². The number of ether oxygens (including phenoxy) is 2. The fraction of sp³-hybridized carbons (Fsp3) is 0.364. The first kappa shape index (κ1) is 23.1. The fourth-order valence-corrected chi connectivity index (χ4v) is 3.98. The lowest BCUT2D eigenvalue weighted by Crippen LogP contribution is -2.50. The summed E-state index contributed by atoms with van der Waals surface area (Å²) in [6.07, 6.45) is 1.40. The lowest BCUT2D eigenvalue weighted by atomic mass is 10.1. The van der Waals surface area contributed by atoms with Crippen LogP contribution in [-0.2, 0) is 9.53 Å². The molecule has 0 N–H and O–H groups in total. The molecule has 0 bridgehead atoms. The van der Waals surface area contributed by atoms with Gasteiger partial charge in [-0.25, -0.2) is 14.8 Å². The van der Waals surface area contributed by atoms with Gasteiger partial charge in [0.25, 0.3) is 5.91 Å². The molecule has 1 aliphatic rings. The van der Waals surface area contributed by atoms with Gasteiger partial charge in [0.15, 0.2) is 6.61 Å². The van der Waals surface area contributed by atoms with E-state index in [0.717, 1.165) is 0 Å². The number of halogens is 2. The number of aromatic nitrogens is 2. The number of rotatable bonds is 6. The van der Waals surface area contributed by atoms with E-state index >= 15 is 0 Å². The van der Waals surface area contributed by atoms with E-state index in [1.54, 1.807) is 36.9 Å². The molecule has 1 fully saturated rings. The molecule has 0 aliphatic carbocycles. The van der Waals surface area contributed by atoms with Gasteiger partial charge in [0.1, 0.15) is 29.2 Å². The van der Waals surface area contributed by atoms with Gasteiger partial charge in [0.2, 0.25) is 5.71 Å². The molecule has 1 aliphatic heterocycles. The zero-order valence-corrected chi connectivity index (χ0v) is 19.6. The minimum Gasteiger partial charge on any atom is -0.484 e. The van der Waals surface area contributed by atoms with Crippen molar-refractivity contribution in [2.24, 2.45) is 0 Å². The molecule has 2 aromatic heterocycles. The fourth-order valence-electron chi connectivity index (χ4n) is 3.69. The van der Waals surface area contributed by atoms with Crippen molar-refractivity contribution in [2.75, 3.05) is 44.3 Å². The highest BCUT2D eigenvalue weighted by Crippen LogP contribution is 2.32. The number of hydrogen-bond donors (Lipinski definition) is 0. The Kier molecular flexibility index (Phi) is 6.90. The molecule has 0 spiro atoms. The number of furan rings is 1. The number of aryl methyl sites for hydroxylation is 1. The molecule has 11 heteroatoms.